The molecule has 0 saturated heterocycles. The summed E-state index contributed by atoms with van der Waals surface area (Å²) < 4.78 is 5.10. The molecule has 3 rings (SSSR count). The maximum atomic E-state index is 12.0. The van der Waals surface area contributed by atoms with Crippen molar-refractivity contribution in [3.8, 4) is 0 Å². The van der Waals surface area contributed by atoms with Crippen LogP contribution in [0, 0.1) is 0 Å². The molecule has 8 heteroatoms. The molecule has 0 bridgehead atoms. The van der Waals surface area contributed by atoms with Crippen molar-refractivity contribution in [2.45, 2.75) is 19.5 Å². The maximum absolute atomic E-state index is 12.0. The molecule has 25 heavy (non-hydrogen) atoms. The first kappa shape index (κ1) is 16.6. The van der Waals surface area contributed by atoms with Crippen molar-refractivity contribution in [3.63, 3.8) is 0 Å². The lowest BCUT2D eigenvalue weighted by Crippen LogP contribution is -2.42. The van der Waals surface area contributed by atoms with E-state index >= 15 is 0 Å². The Morgan fingerprint density at radius 2 is 2.04 bits per heavy atom. The zero-order valence-electron chi connectivity index (χ0n) is 13.7. The summed E-state index contributed by atoms with van der Waals surface area (Å²) in [6.45, 7) is 1.96. The number of rotatable bonds is 6. The predicted octanol–water partition coefficient (Wildman–Crippen LogP) is 1.83. The number of fused-ring (bicyclic) bond motifs is 1. The minimum atomic E-state index is -0.442. The van der Waals surface area contributed by atoms with Crippen molar-refractivity contribution < 1.29 is 14.0 Å². The largest absolute Gasteiger partial charge is 0.467 e. The minimum absolute atomic E-state index is 0.130. The molecule has 0 aliphatic heterocycles. The fourth-order valence-corrected chi connectivity index (χ4v) is 2.34. The van der Waals surface area contributed by atoms with E-state index < -0.39 is 6.03 Å². The van der Waals surface area contributed by atoms with Crippen molar-refractivity contribution in [3.05, 3.63) is 54.2 Å². The number of aromatic amines is 1. The first-order valence-electron chi connectivity index (χ1n) is 7.90. The number of aromatic nitrogens is 2. The van der Waals surface area contributed by atoms with Crippen LogP contribution in [-0.4, -0.2) is 28.5 Å². The standard InChI is InChI=1S/C17H19N5O3/c1-11(16-21-13-6-2-3-7-14(13)22-16)20-15(23)10-19-17(24)18-9-12-5-4-8-25-12/h2-8,11H,9-10H2,1H3,(H,20,23)(H,21,22)(H2,18,19,24). The molecule has 2 heterocycles. The van der Waals surface area contributed by atoms with Gasteiger partial charge in [-0.15, -0.1) is 0 Å². The number of H-pyrrole nitrogens is 1. The number of imidazole rings is 1. The van der Waals surface area contributed by atoms with Gasteiger partial charge in [-0.3, -0.25) is 4.79 Å². The van der Waals surface area contributed by atoms with Crippen LogP contribution < -0.4 is 16.0 Å². The van der Waals surface area contributed by atoms with Crippen LogP contribution in [-0.2, 0) is 11.3 Å². The van der Waals surface area contributed by atoms with Gasteiger partial charge in [-0.05, 0) is 31.2 Å². The van der Waals surface area contributed by atoms with E-state index in [0.717, 1.165) is 11.0 Å². The monoisotopic (exact) mass is 341 g/mol. The van der Waals surface area contributed by atoms with Gasteiger partial charge in [-0.1, -0.05) is 12.1 Å². The lowest BCUT2D eigenvalue weighted by atomic mass is 10.3. The highest BCUT2D eigenvalue weighted by atomic mass is 16.3. The summed E-state index contributed by atoms with van der Waals surface area (Å²) in [5.74, 6) is 0.996. The topological polar surface area (TPSA) is 112 Å². The van der Waals surface area contributed by atoms with E-state index in [1.807, 2.05) is 31.2 Å². The van der Waals surface area contributed by atoms with Gasteiger partial charge in [0, 0.05) is 0 Å². The van der Waals surface area contributed by atoms with Crippen LogP contribution in [0.4, 0.5) is 4.79 Å². The number of carbonyl (C=O) groups is 2. The summed E-state index contributed by atoms with van der Waals surface area (Å²) in [6.07, 6.45) is 1.53. The van der Waals surface area contributed by atoms with Crippen LogP contribution in [0.2, 0.25) is 0 Å². The van der Waals surface area contributed by atoms with Crippen LogP contribution in [0.25, 0.3) is 11.0 Å². The van der Waals surface area contributed by atoms with E-state index in [1.165, 1.54) is 6.26 Å². The van der Waals surface area contributed by atoms with E-state index in [2.05, 4.69) is 25.9 Å². The average molecular weight is 341 g/mol. The Morgan fingerprint density at radius 1 is 1.20 bits per heavy atom. The zero-order chi connectivity index (χ0) is 17.6. The minimum Gasteiger partial charge on any atom is -0.467 e. The lowest BCUT2D eigenvalue weighted by molar-refractivity contribution is -0.120. The van der Waals surface area contributed by atoms with E-state index in [0.29, 0.717) is 11.6 Å². The normalized spacial score (nSPS) is 11.9. The Labute approximate surface area is 144 Å². The van der Waals surface area contributed by atoms with Gasteiger partial charge in [0.25, 0.3) is 0 Å². The molecule has 2 aromatic heterocycles. The number of nitrogens with one attached hydrogen (secondary N) is 4. The molecule has 0 radical (unpaired) electrons. The summed E-state index contributed by atoms with van der Waals surface area (Å²) in [4.78, 5) is 31.2. The molecule has 0 aliphatic rings. The number of hydrogen-bond donors (Lipinski definition) is 4. The summed E-state index contributed by atoms with van der Waals surface area (Å²) >= 11 is 0. The summed E-state index contributed by atoms with van der Waals surface area (Å²) in [5, 5.41) is 7.88. The van der Waals surface area contributed by atoms with Crippen LogP contribution in [0.15, 0.2) is 47.1 Å². The number of carbonyl (C=O) groups excluding carboxylic acids is 2. The zero-order valence-corrected chi connectivity index (χ0v) is 13.7. The Balaban J connectivity index is 1.44. The van der Waals surface area contributed by atoms with Gasteiger partial charge in [-0.2, -0.15) is 0 Å². The molecule has 0 fully saturated rings. The van der Waals surface area contributed by atoms with Crippen molar-refractivity contribution in [1.82, 2.24) is 25.9 Å². The number of benzene rings is 1. The Morgan fingerprint density at radius 3 is 2.80 bits per heavy atom. The predicted molar refractivity (Wildman–Crippen MR) is 91.6 cm³/mol. The average Bonchev–Trinajstić information content (AvgIpc) is 3.27. The quantitative estimate of drug-likeness (QED) is 0.548. The number of para-hydroxylation sites is 2. The number of urea groups is 1. The van der Waals surface area contributed by atoms with Gasteiger partial charge in [0.05, 0.1) is 36.4 Å². The number of hydrogen-bond acceptors (Lipinski definition) is 4. The highest BCUT2D eigenvalue weighted by Gasteiger charge is 2.14. The molecule has 1 atom stereocenters. The van der Waals surface area contributed by atoms with Crippen LogP contribution in [0.1, 0.15) is 24.6 Å². The second-order valence-corrected chi connectivity index (χ2v) is 5.54. The van der Waals surface area contributed by atoms with Gasteiger partial charge in [-0.25, -0.2) is 9.78 Å². The first-order valence-corrected chi connectivity index (χ1v) is 7.90. The molecule has 1 unspecified atom stereocenters. The third-order valence-electron chi connectivity index (χ3n) is 3.61. The molecule has 130 valence electrons. The number of amides is 3. The SMILES string of the molecule is CC(NC(=O)CNC(=O)NCc1ccco1)c1nc2ccccc2[nH]1. The van der Waals surface area contributed by atoms with Gasteiger partial charge in [0.2, 0.25) is 5.91 Å². The fraction of sp³-hybridized carbons (Fsp3) is 0.235. The first-order chi connectivity index (χ1) is 12.1. The van der Waals surface area contributed by atoms with Crippen molar-refractivity contribution in [1.29, 1.82) is 0 Å². The van der Waals surface area contributed by atoms with Crippen LogP contribution in [0.5, 0.6) is 0 Å². The van der Waals surface area contributed by atoms with E-state index in [1.54, 1.807) is 12.1 Å². The number of furan rings is 1. The summed E-state index contributed by atoms with van der Waals surface area (Å²) in [7, 11) is 0. The maximum Gasteiger partial charge on any atom is 0.315 e. The third-order valence-corrected chi connectivity index (χ3v) is 3.61. The van der Waals surface area contributed by atoms with Crippen molar-refractivity contribution in [2.24, 2.45) is 0 Å². The van der Waals surface area contributed by atoms with E-state index in [4.69, 9.17) is 4.42 Å². The highest BCUT2D eigenvalue weighted by Crippen LogP contribution is 2.15. The molecule has 3 aromatic rings. The third kappa shape index (κ3) is 4.37. The summed E-state index contributed by atoms with van der Waals surface area (Å²) in [6, 6.07) is 10.4. The van der Waals surface area contributed by atoms with Crippen LogP contribution in [0.3, 0.4) is 0 Å². The molecule has 4 N–H and O–H groups in total. The number of nitrogens with zero attached hydrogens (tertiary/aromatic N) is 1. The molecule has 3 amide bonds. The molecular formula is C17H19N5O3. The molecule has 0 saturated carbocycles. The lowest BCUT2D eigenvalue weighted by Gasteiger charge is -2.12. The molecule has 1 aromatic carbocycles. The second kappa shape index (κ2) is 7.52. The van der Waals surface area contributed by atoms with E-state index in [9.17, 15) is 9.59 Å². The van der Waals surface area contributed by atoms with E-state index in [-0.39, 0.29) is 25.0 Å². The van der Waals surface area contributed by atoms with Crippen molar-refractivity contribution >= 4 is 23.0 Å². The smallest absolute Gasteiger partial charge is 0.315 e. The molecule has 0 spiro atoms. The molecular weight excluding hydrogens is 322 g/mol. The summed E-state index contributed by atoms with van der Waals surface area (Å²) in [5.41, 5.74) is 1.75. The molecule has 0 aliphatic carbocycles. The van der Waals surface area contributed by atoms with Gasteiger partial charge < -0.3 is 25.4 Å². The Kier molecular flexibility index (Phi) is 4.98. The Bertz CT molecular complexity index is 823. The van der Waals surface area contributed by atoms with Gasteiger partial charge >= 0.3 is 6.03 Å². The van der Waals surface area contributed by atoms with Gasteiger partial charge in [0.1, 0.15) is 11.6 Å². The second-order valence-electron chi connectivity index (χ2n) is 5.54. The highest BCUT2D eigenvalue weighted by molar-refractivity contribution is 5.84. The molecule has 8 nitrogen and oxygen atoms in total. The Hall–Kier alpha value is -3.29. The van der Waals surface area contributed by atoms with Crippen LogP contribution >= 0.6 is 0 Å². The van der Waals surface area contributed by atoms with Gasteiger partial charge in [0.15, 0.2) is 0 Å². The fourth-order valence-electron chi connectivity index (χ4n) is 2.34. The van der Waals surface area contributed by atoms with Crippen molar-refractivity contribution in [2.75, 3.05) is 6.54 Å².